The van der Waals surface area contributed by atoms with Gasteiger partial charge in [0.05, 0.1) is 17.7 Å². The van der Waals surface area contributed by atoms with E-state index in [-0.39, 0.29) is 5.41 Å². The molecule has 118 valence electrons. The van der Waals surface area contributed by atoms with Crippen LogP contribution < -0.4 is 0 Å². The van der Waals surface area contributed by atoms with Gasteiger partial charge in [-0.3, -0.25) is 0 Å². The first-order valence-corrected chi connectivity index (χ1v) is 8.03. The molecule has 0 spiro atoms. The second-order valence-corrected chi connectivity index (χ2v) is 6.58. The third-order valence-electron chi connectivity index (χ3n) is 4.82. The lowest BCUT2D eigenvalue weighted by Crippen LogP contribution is -2.29. The Morgan fingerprint density at radius 3 is 2.68 bits per heavy atom. The molecular formula is C16H21N3O3. The Hall–Kier alpha value is -1.69. The van der Waals surface area contributed by atoms with Crippen molar-refractivity contribution in [3.8, 4) is 11.7 Å². The van der Waals surface area contributed by atoms with Crippen molar-refractivity contribution in [1.82, 2.24) is 15.1 Å². The Balaban J connectivity index is 1.66. The predicted octanol–water partition coefficient (Wildman–Crippen LogP) is 3.37. The summed E-state index contributed by atoms with van der Waals surface area (Å²) in [5, 5.41) is 4.22. The van der Waals surface area contributed by atoms with Gasteiger partial charge in [0.2, 0.25) is 5.76 Å². The fourth-order valence-electron chi connectivity index (χ4n) is 3.41. The molecule has 2 aromatic rings. The lowest BCUT2D eigenvalue weighted by Gasteiger charge is -2.23. The highest BCUT2D eigenvalue weighted by Gasteiger charge is 2.40. The summed E-state index contributed by atoms with van der Waals surface area (Å²) in [5.41, 5.74) is 0.716. The summed E-state index contributed by atoms with van der Waals surface area (Å²) in [4.78, 5) is 9.11. The zero-order valence-electron chi connectivity index (χ0n) is 13.1. The van der Waals surface area contributed by atoms with E-state index in [0.29, 0.717) is 24.2 Å². The van der Waals surface area contributed by atoms with Gasteiger partial charge in [0.25, 0.3) is 5.89 Å². The number of hydrogen-bond donors (Lipinski definition) is 0. The maximum Gasteiger partial charge on any atom is 0.295 e. The number of methoxy groups -OCH3 is 1. The van der Waals surface area contributed by atoms with Crippen molar-refractivity contribution < 1.29 is 13.7 Å². The summed E-state index contributed by atoms with van der Waals surface area (Å²) in [6, 6.07) is 0. The molecule has 2 aliphatic rings. The van der Waals surface area contributed by atoms with Gasteiger partial charge in [-0.15, -0.1) is 0 Å². The molecule has 2 saturated carbocycles. The summed E-state index contributed by atoms with van der Waals surface area (Å²) >= 11 is 0. The van der Waals surface area contributed by atoms with Gasteiger partial charge in [0.15, 0.2) is 11.7 Å². The van der Waals surface area contributed by atoms with Crippen LogP contribution in [0.2, 0.25) is 0 Å². The van der Waals surface area contributed by atoms with E-state index < -0.39 is 0 Å². The van der Waals surface area contributed by atoms with Gasteiger partial charge in [0, 0.05) is 13.0 Å². The van der Waals surface area contributed by atoms with Gasteiger partial charge in [-0.05, 0) is 32.6 Å². The Kier molecular flexibility index (Phi) is 3.29. The third kappa shape index (κ3) is 2.26. The number of nitrogens with zero attached hydrogens (tertiary/aromatic N) is 3. The minimum atomic E-state index is -0.107. The second-order valence-electron chi connectivity index (χ2n) is 6.58. The highest BCUT2D eigenvalue weighted by atomic mass is 16.5. The smallest absolute Gasteiger partial charge is 0.295 e. The normalized spacial score (nSPS) is 20.6. The number of aryl methyl sites for hydroxylation is 1. The van der Waals surface area contributed by atoms with Crippen LogP contribution in [0, 0.1) is 6.92 Å². The SMILES string of the molecule is COCC1(c2noc(-c3oc(C4CC4)nc3C)n2)CCCC1. The molecule has 0 N–H and O–H groups in total. The summed E-state index contributed by atoms with van der Waals surface area (Å²) in [5.74, 6) is 3.08. The molecular weight excluding hydrogens is 282 g/mol. The standard InChI is InChI=1S/C16H21N3O3/c1-10-12(21-13(17-10)11-5-6-11)14-18-15(19-22-14)16(9-20-2)7-3-4-8-16/h11H,3-9H2,1-2H3. The molecule has 2 aromatic heterocycles. The zero-order valence-corrected chi connectivity index (χ0v) is 13.1. The Labute approximate surface area is 129 Å². The van der Waals surface area contributed by atoms with Gasteiger partial charge >= 0.3 is 0 Å². The maximum atomic E-state index is 5.85. The van der Waals surface area contributed by atoms with Gasteiger partial charge in [-0.1, -0.05) is 18.0 Å². The van der Waals surface area contributed by atoms with Crippen LogP contribution in [-0.2, 0) is 10.2 Å². The van der Waals surface area contributed by atoms with Gasteiger partial charge in [-0.2, -0.15) is 4.98 Å². The number of rotatable bonds is 5. The molecule has 6 nitrogen and oxygen atoms in total. The molecule has 22 heavy (non-hydrogen) atoms. The van der Waals surface area contributed by atoms with E-state index in [0.717, 1.165) is 43.1 Å². The monoisotopic (exact) mass is 303 g/mol. The Morgan fingerprint density at radius 2 is 2.00 bits per heavy atom. The molecule has 0 radical (unpaired) electrons. The number of oxazole rings is 1. The summed E-state index contributed by atoms with van der Waals surface area (Å²) in [6.07, 6.45) is 6.77. The van der Waals surface area contributed by atoms with E-state index >= 15 is 0 Å². The zero-order chi connectivity index (χ0) is 15.2. The third-order valence-corrected chi connectivity index (χ3v) is 4.82. The molecule has 0 aromatic carbocycles. The van der Waals surface area contributed by atoms with Crippen molar-refractivity contribution in [1.29, 1.82) is 0 Å². The van der Waals surface area contributed by atoms with Crippen molar-refractivity contribution in [2.45, 2.75) is 56.8 Å². The van der Waals surface area contributed by atoms with Crippen molar-refractivity contribution in [3.05, 3.63) is 17.4 Å². The van der Waals surface area contributed by atoms with E-state index in [9.17, 15) is 0 Å². The van der Waals surface area contributed by atoms with Crippen LogP contribution in [0.3, 0.4) is 0 Å². The van der Waals surface area contributed by atoms with Crippen molar-refractivity contribution in [3.63, 3.8) is 0 Å². The van der Waals surface area contributed by atoms with Crippen molar-refractivity contribution >= 4 is 0 Å². The van der Waals surface area contributed by atoms with Crippen LogP contribution in [0.25, 0.3) is 11.7 Å². The summed E-state index contributed by atoms with van der Waals surface area (Å²) in [6.45, 7) is 2.56. The molecule has 4 rings (SSSR count). The first-order valence-electron chi connectivity index (χ1n) is 8.03. The quantitative estimate of drug-likeness (QED) is 0.843. The largest absolute Gasteiger partial charge is 0.435 e. The lowest BCUT2D eigenvalue weighted by molar-refractivity contribution is 0.125. The average Bonchev–Trinajstić information content (AvgIpc) is 2.90. The van der Waals surface area contributed by atoms with Crippen molar-refractivity contribution in [2.24, 2.45) is 0 Å². The van der Waals surface area contributed by atoms with E-state index in [1.807, 2.05) is 6.92 Å². The Morgan fingerprint density at radius 1 is 1.23 bits per heavy atom. The van der Waals surface area contributed by atoms with E-state index in [4.69, 9.17) is 13.7 Å². The number of ether oxygens (including phenoxy) is 1. The minimum absolute atomic E-state index is 0.107. The van der Waals surface area contributed by atoms with Gasteiger partial charge in [0.1, 0.15) is 0 Å². The van der Waals surface area contributed by atoms with Crippen LogP contribution in [-0.4, -0.2) is 28.8 Å². The fraction of sp³-hybridized carbons (Fsp3) is 0.688. The molecule has 0 amide bonds. The second kappa shape index (κ2) is 5.19. The molecule has 2 fully saturated rings. The molecule has 2 aliphatic carbocycles. The van der Waals surface area contributed by atoms with Gasteiger partial charge < -0.3 is 13.7 Å². The summed E-state index contributed by atoms with van der Waals surface area (Å²) in [7, 11) is 1.73. The van der Waals surface area contributed by atoms with E-state index in [1.165, 1.54) is 12.8 Å². The molecule has 0 atom stereocenters. The highest BCUT2D eigenvalue weighted by Crippen LogP contribution is 2.43. The first kappa shape index (κ1) is 13.9. The van der Waals surface area contributed by atoms with Crippen LogP contribution in [0.15, 0.2) is 8.94 Å². The molecule has 0 bridgehead atoms. The number of hydrogen-bond acceptors (Lipinski definition) is 6. The lowest BCUT2D eigenvalue weighted by atomic mass is 9.86. The van der Waals surface area contributed by atoms with Crippen LogP contribution in [0.1, 0.15) is 61.9 Å². The van der Waals surface area contributed by atoms with Crippen LogP contribution >= 0.6 is 0 Å². The van der Waals surface area contributed by atoms with Gasteiger partial charge in [-0.25, -0.2) is 4.98 Å². The molecule has 6 heteroatoms. The van der Waals surface area contributed by atoms with Crippen LogP contribution in [0.4, 0.5) is 0 Å². The van der Waals surface area contributed by atoms with E-state index in [2.05, 4.69) is 15.1 Å². The topological polar surface area (TPSA) is 74.2 Å². The van der Waals surface area contributed by atoms with E-state index in [1.54, 1.807) is 7.11 Å². The predicted molar refractivity (Wildman–Crippen MR) is 78.5 cm³/mol. The van der Waals surface area contributed by atoms with Crippen LogP contribution in [0.5, 0.6) is 0 Å². The molecule has 0 unspecified atom stereocenters. The molecule has 0 saturated heterocycles. The minimum Gasteiger partial charge on any atom is -0.435 e. The first-order chi connectivity index (χ1) is 10.7. The molecule has 0 aliphatic heterocycles. The average molecular weight is 303 g/mol. The fourth-order valence-corrected chi connectivity index (χ4v) is 3.41. The maximum absolute atomic E-state index is 5.85. The Bertz CT molecular complexity index is 666. The number of aromatic nitrogens is 3. The highest BCUT2D eigenvalue weighted by molar-refractivity contribution is 5.48. The van der Waals surface area contributed by atoms with Crippen molar-refractivity contribution in [2.75, 3.05) is 13.7 Å². The summed E-state index contributed by atoms with van der Waals surface area (Å²) < 4.78 is 16.7. The molecule has 2 heterocycles.